The van der Waals surface area contributed by atoms with Gasteiger partial charge in [-0.05, 0) is 25.7 Å². The number of nitrogens with one attached hydrogen (secondary N) is 1. The third-order valence-corrected chi connectivity index (χ3v) is 5.27. The highest BCUT2D eigenvalue weighted by molar-refractivity contribution is 7.89. The number of carbonyl (C=O) groups is 1. The van der Waals surface area contributed by atoms with Gasteiger partial charge in [-0.15, -0.1) is 11.3 Å². The lowest BCUT2D eigenvalue weighted by atomic mass is 10.4. The van der Waals surface area contributed by atoms with E-state index in [2.05, 4.69) is 9.71 Å². The van der Waals surface area contributed by atoms with Gasteiger partial charge < -0.3 is 5.11 Å². The lowest BCUT2D eigenvalue weighted by Crippen LogP contribution is -2.26. The molecule has 2 N–H and O–H groups in total. The normalized spacial score (nSPS) is 15.8. The van der Waals surface area contributed by atoms with E-state index >= 15 is 0 Å². The Hall–Kier alpha value is -0.990. The first kappa shape index (κ1) is 13.4. The van der Waals surface area contributed by atoms with Crippen molar-refractivity contribution in [3.05, 3.63) is 15.6 Å². The molecule has 1 aromatic heterocycles. The molecule has 0 saturated heterocycles. The molecule has 0 spiro atoms. The number of aryl methyl sites for hydroxylation is 1. The van der Waals surface area contributed by atoms with Crippen molar-refractivity contribution in [3.8, 4) is 0 Å². The molecule has 0 amide bonds. The van der Waals surface area contributed by atoms with Crippen LogP contribution in [0.2, 0.25) is 0 Å². The molecule has 0 unspecified atom stereocenters. The molecule has 100 valence electrons. The van der Waals surface area contributed by atoms with Crippen LogP contribution < -0.4 is 4.72 Å². The van der Waals surface area contributed by atoms with Crippen molar-refractivity contribution in [2.45, 2.75) is 26.3 Å². The van der Waals surface area contributed by atoms with Crippen molar-refractivity contribution in [2.75, 3.05) is 5.75 Å². The first-order chi connectivity index (χ1) is 8.37. The number of aromatic carboxylic acids is 1. The molecule has 0 atom stereocenters. The number of sulfonamides is 1. The fraction of sp³-hybridized carbons (Fsp3) is 0.600. The van der Waals surface area contributed by atoms with Crippen LogP contribution in [0.25, 0.3) is 0 Å². The van der Waals surface area contributed by atoms with Gasteiger partial charge in [0.25, 0.3) is 0 Å². The summed E-state index contributed by atoms with van der Waals surface area (Å²) in [7, 11) is -3.27. The third kappa shape index (κ3) is 3.50. The minimum Gasteiger partial charge on any atom is -0.477 e. The highest BCUT2D eigenvalue weighted by atomic mass is 32.2. The van der Waals surface area contributed by atoms with E-state index in [1.165, 1.54) is 0 Å². The van der Waals surface area contributed by atoms with E-state index in [1.54, 1.807) is 6.92 Å². The van der Waals surface area contributed by atoms with E-state index in [0.717, 1.165) is 24.2 Å². The Morgan fingerprint density at radius 2 is 2.22 bits per heavy atom. The Balaban J connectivity index is 1.97. The predicted octanol–water partition coefficient (Wildman–Crippen LogP) is 0.979. The number of hydrogen-bond donors (Lipinski definition) is 2. The Morgan fingerprint density at radius 1 is 1.56 bits per heavy atom. The van der Waals surface area contributed by atoms with Gasteiger partial charge >= 0.3 is 5.97 Å². The molecule has 8 heteroatoms. The molecule has 1 fully saturated rings. The lowest BCUT2D eigenvalue weighted by Gasteiger charge is -2.03. The SMILES string of the molecule is Cc1nc(CNS(=O)(=O)CC2CC2)sc1C(=O)O. The van der Waals surface area contributed by atoms with Gasteiger partial charge in [0.15, 0.2) is 0 Å². The van der Waals surface area contributed by atoms with Crippen LogP contribution in [0.5, 0.6) is 0 Å². The number of aromatic nitrogens is 1. The van der Waals surface area contributed by atoms with Crippen LogP contribution in [0.15, 0.2) is 0 Å². The zero-order valence-corrected chi connectivity index (χ0v) is 11.5. The van der Waals surface area contributed by atoms with Gasteiger partial charge in [0, 0.05) is 0 Å². The summed E-state index contributed by atoms with van der Waals surface area (Å²) >= 11 is 1.01. The highest BCUT2D eigenvalue weighted by Crippen LogP contribution is 2.30. The minimum absolute atomic E-state index is 0.0633. The van der Waals surface area contributed by atoms with Crippen LogP contribution in [0, 0.1) is 12.8 Å². The van der Waals surface area contributed by atoms with Crippen molar-refractivity contribution < 1.29 is 18.3 Å². The molecule has 18 heavy (non-hydrogen) atoms. The summed E-state index contributed by atoms with van der Waals surface area (Å²) in [4.78, 5) is 15.0. The topological polar surface area (TPSA) is 96.4 Å². The van der Waals surface area contributed by atoms with E-state index < -0.39 is 16.0 Å². The van der Waals surface area contributed by atoms with Crippen LogP contribution in [-0.2, 0) is 16.6 Å². The molecular weight excluding hydrogens is 276 g/mol. The summed E-state index contributed by atoms with van der Waals surface area (Å²) in [6.45, 7) is 1.66. The van der Waals surface area contributed by atoms with Crippen molar-refractivity contribution >= 4 is 27.3 Å². The lowest BCUT2D eigenvalue weighted by molar-refractivity contribution is 0.0701. The van der Waals surface area contributed by atoms with Gasteiger partial charge in [0.1, 0.15) is 9.88 Å². The van der Waals surface area contributed by atoms with E-state index in [4.69, 9.17) is 5.11 Å². The number of thiazole rings is 1. The third-order valence-electron chi connectivity index (χ3n) is 2.63. The molecule has 0 aliphatic heterocycles. The molecule has 1 aliphatic rings. The second-order valence-electron chi connectivity index (χ2n) is 4.37. The summed E-state index contributed by atoms with van der Waals surface area (Å²) in [6.07, 6.45) is 1.95. The summed E-state index contributed by atoms with van der Waals surface area (Å²) < 4.78 is 25.7. The van der Waals surface area contributed by atoms with Crippen molar-refractivity contribution in [3.63, 3.8) is 0 Å². The van der Waals surface area contributed by atoms with Crippen LogP contribution in [0.4, 0.5) is 0 Å². The summed E-state index contributed by atoms with van der Waals surface area (Å²) in [5, 5.41) is 9.34. The van der Waals surface area contributed by atoms with Crippen molar-refractivity contribution in [1.82, 2.24) is 9.71 Å². The monoisotopic (exact) mass is 290 g/mol. The maximum absolute atomic E-state index is 11.6. The number of carboxylic acid groups (broad SMARTS) is 1. The predicted molar refractivity (Wildman–Crippen MR) is 67.2 cm³/mol. The fourth-order valence-electron chi connectivity index (χ4n) is 1.55. The molecule has 1 saturated carbocycles. The summed E-state index contributed by atoms with van der Waals surface area (Å²) in [5.41, 5.74) is 0.420. The standard InChI is InChI=1S/C10H14N2O4S2/c1-6-9(10(13)14)17-8(12-6)4-11-18(15,16)5-7-2-3-7/h7,11H,2-5H2,1H3,(H,13,14). The van der Waals surface area contributed by atoms with E-state index in [0.29, 0.717) is 10.7 Å². The summed E-state index contributed by atoms with van der Waals surface area (Å²) in [5.74, 6) is -0.587. The van der Waals surface area contributed by atoms with E-state index in [9.17, 15) is 13.2 Å². The van der Waals surface area contributed by atoms with Crippen molar-refractivity contribution in [2.24, 2.45) is 5.92 Å². The molecule has 0 radical (unpaired) electrons. The Morgan fingerprint density at radius 3 is 2.72 bits per heavy atom. The van der Waals surface area contributed by atoms with Gasteiger partial charge in [-0.1, -0.05) is 0 Å². The molecule has 1 heterocycles. The Kier molecular flexibility index (Phi) is 3.69. The molecule has 2 rings (SSSR count). The maximum Gasteiger partial charge on any atom is 0.347 e. The van der Waals surface area contributed by atoms with Gasteiger partial charge in [0.05, 0.1) is 18.0 Å². The van der Waals surface area contributed by atoms with Crippen LogP contribution in [0.1, 0.15) is 33.2 Å². The maximum atomic E-state index is 11.6. The van der Waals surface area contributed by atoms with Crippen LogP contribution in [0.3, 0.4) is 0 Å². The first-order valence-electron chi connectivity index (χ1n) is 5.54. The van der Waals surface area contributed by atoms with E-state index in [-0.39, 0.29) is 23.1 Å². The fourth-order valence-corrected chi connectivity index (χ4v) is 3.91. The molecular formula is C10H14N2O4S2. The quantitative estimate of drug-likeness (QED) is 0.814. The van der Waals surface area contributed by atoms with Crippen molar-refractivity contribution in [1.29, 1.82) is 0 Å². The molecule has 0 bridgehead atoms. The number of carboxylic acids is 1. The first-order valence-corrected chi connectivity index (χ1v) is 8.01. The second-order valence-corrected chi connectivity index (χ2v) is 7.31. The van der Waals surface area contributed by atoms with E-state index in [1.807, 2.05) is 0 Å². The van der Waals surface area contributed by atoms with Crippen LogP contribution >= 0.6 is 11.3 Å². The largest absolute Gasteiger partial charge is 0.477 e. The van der Waals surface area contributed by atoms with Gasteiger partial charge in [-0.3, -0.25) is 0 Å². The molecule has 1 aromatic rings. The second kappa shape index (κ2) is 4.94. The van der Waals surface area contributed by atoms with Crippen LogP contribution in [-0.4, -0.2) is 30.2 Å². The molecule has 6 nitrogen and oxygen atoms in total. The minimum atomic E-state index is -3.27. The van der Waals surface area contributed by atoms with Gasteiger partial charge in [0.2, 0.25) is 10.0 Å². The number of hydrogen-bond acceptors (Lipinski definition) is 5. The molecule has 1 aliphatic carbocycles. The Bertz CT molecular complexity index is 560. The highest BCUT2D eigenvalue weighted by Gasteiger charge is 2.28. The zero-order valence-electron chi connectivity index (χ0n) is 9.84. The number of nitrogens with zero attached hydrogens (tertiary/aromatic N) is 1. The summed E-state index contributed by atoms with van der Waals surface area (Å²) in [6, 6.07) is 0. The Labute approximate surface area is 109 Å². The van der Waals surface area contributed by atoms with Gasteiger partial charge in [-0.25, -0.2) is 22.9 Å². The number of rotatable bonds is 6. The smallest absolute Gasteiger partial charge is 0.347 e. The average Bonchev–Trinajstić information content (AvgIpc) is 2.96. The zero-order chi connectivity index (χ0) is 13.3. The average molecular weight is 290 g/mol. The molecule has 0 aromatic carbocycles. The van der Waals surface area contributed by atoms with Gasteiger partial charge in [-0.2, -0.15) is 0 Å².